The van der Waals surface area contributed by atoms with Gasteiger partial charge in [0.15, 0.2) is 0 Å². The summed E-state index contributed by atoms with van der Waals surface area (Å²) in [6.07, 6.45) is 3.47. The van der Waals surface area contributed by atoms with Gasteiger partial charge in [0.2, 0.25) is 5.91 Å². The molecule has 4 heteroatoms. The summed E-state index contributed by atoms with van der Waals surface area (Å²) in [6.45, 7) is 4.59. The van der Waals surface area contributed by atoms with Crippen molar-refractivity contribution < 1.29 is 9.53 Å². The zero-order valence-corrected chi connectivity index (χ0v) is 12.8. The molecule has 0 heterocycles. The number of ether oxygens (including phenoxy) is 1. The summed E-state index contributed by atoms with van der Waals surface area (Å²) in [4.78, 5) is 12.6. The van der Waals surface area contributed by atoms with Crippen LogP contribution in [0.5, 0.6) is 5.75 Å². The Morgan fingerprint density at radius 3 is 2.76 bits per heavy atom. The molecule has 4 atom stereocenters. The number of amides is 1. The van der Waals surface area contributed by atoms with Gasteiger partial charge in [-0.3, -0.25) is 4.79 Å². The lowest BCUT2D eigenvalue weighted by molar-refractivity contribution is -0.121. The van der Waals surface area contributed by atoms with Crippen LogP contribution in [0.1, 0.15) is 31.7 Å². The molecule has 1 aromatic carbocycles. The highest BCUT2D eigenvalue weighted by molar-refractivity contribution is 5.94. The van der Waals surface area contributed by atoms with Gasteiger partial charge in [-0.2, -0.15) is 0 Å². The zero-order chi connectivity index (χ0) is 15.0. The van der Waals surface area contributed by atoms with Gasteiger partial charge in [-0.25, -0.2) is 0 Å². The number of carbonyl (C=O) groups is 1. The van der Waals surface area contributed by atoms with Crippen molar-refractivity contribution >= 4 is 11.6 Å². The highest BCUT2D eigenvalue weighted by atomic mass is 16.5. The van der Waals surface area contributed by atoms with E-state index in [1.165, 1.54) is 6.42 Å². The van der Waals surface area contributed by atoms with Gasteiger partial charge in [0, 0.05) is 11.7 Å². The average molecular weight is 288 g/mol. The Balaban J connectivity index is 1.70. The highest BCUT2D eigenvalue weighted by Gasteiger charge is 2.49. The Hall–Kier alpha value is -1.55. The molecule has 3 rings (SSSR count). The van der Waals surface area contributed by atoms with Crippen molar-refractivity contribution in [3.63, 3.8) is 0 Å². The van der Waals surface area contributed by atoms with E-state index in [9.17, 15) is 4.79 Å². The predicted octanol–water partition coefficient (Wildman–Crippen LogP) is 2.71. The fourth-order valence-electron chi connectivity index (χ4n) is 3.97. The molecule has 1 aromatic rings. The molecule has 21 heavy (non-hydrogen) atoms. The summed E-state index contributed by atoms with van der Waals surface area (Å²) in [5.41, 5.74) is 8.12. The molecule has 2 aliphatic carbocycles. The molecule has 114 valence electrons. The number of anilines is 1. The number of hydrogen-bond acceptors (Lipinski definition) is 3. The first kappa shape index (κ1) is 14.4. The van der Waals surface area contributed by atoms with Crippen LogP contribution in [0, 0.1) is 24.7 Å². The molecule has 0 saturated heterocycles. The van der Waals surface area contributed by atoms with Gasteiger partial charge >= 0.3 is 0 Å². The van der Waals surface area contributed by atoms with Crippen molar-refractivity contribution in [2.75, 3.05) is 11.9 Å². The van der Waals surface area contributed by atoms with E-state index in [2.05, 4.69) is 5.32 Å². The fraction of sp³-hybridized carbons (Fsp3) is 0.588. The molecule has 4 unspecified atom stereocenters. The summed E-state index contributed by atoms with van der Waals surface area (Å²) >= 11 is 0. The summed E-state index contributed by atoms with van der Waals surface area (Å²) in [5.74, 6) is 1.93. The molecule has 0 aliphatic heterocycles. The number of carbonyl (C=O) groups excluding carboxylic acids is 1. The van der Waals surface area contributed by atoms with Crippen molar-refractivity contribution in [3.8, 4) is 5.75 Å². The predicted molar refractivity (Wildman–Crippen MR) is 83.3 cm³/mol. The number of aryl methyl sites for hydroxylation is 1. The first-order chi connectivity index (χ1) is 10.1. The molecule has 2 aliphatic rings. The Labute approximate surface area is 126 Å². The van der Waals surface area contributed by atoms with Crippen molar-refractivity contribution in [2.24, 2.45) is 23.5 Å². The lowest BCUT2D eigenvalue weighted by atomic mass is 9.84. The van der Waals surface area contributed by atoms with Crippen molar-refractivity contribution in [1.82, 2.24) is 0 Å². The maximum absolute atomic E-state index is 12.6. The lowest BCUT2D eigenvalue weighted by Gasteiger charge is -2.27. The highest BCUT2D eigenvalue weighted by Crippen LogP contribution is 2.48. The van der Waals surface area contributed by atoms with Crippen molar-refractivity contribution in [2.45, 2.75) is 39.2 Å². The lowest BCUT2D eigenvalue weighted by Crippen LogP contribution is -2.42. The topological polar surface area (TPSA) is 64.3 Å². The average Bonchev–Trinajstić information content (AvgIpc) is 3.03. The molecule has 2 saturated carbocycles. The molecule has 1 amide bonds. The summed E-state index contributed by atoms with van der Waals surface area (Å²) in [7, 11) is 0. The van der Waals surface area contributed by atoms with E-state index in [1.807, 2.05) is 32.0 Å². The molecule has 2 fully saturated rings. The third-order valence-corrected chi connectivity index (χ3v) is 5.05. The van der Waals surface area contributed by atoms with Crippen LogP contribution in [-0.2, 0) is 4.79 Å². The van der Waals surface area contributed by atoms with Gasteiger partial charge in [-0.1, -0.05) is 0 Å². The minimum atomic E-state index is -0.0188. The summed E-state index contributed by atoms with van der Waals surface area (Å²) in [5, 5.41) is 3.06. The van der Waals surface area contributed by atoms with Gasteiger partial charge in [0.05, 0.1) is 12.5 Å². The second-order valence-corrected chi connectivity index (χ2v) is 6.34. The van der Waals surface area contributed by atoms with E-state index in [0.29, 0.717) is 18.4 Å². The number of nitrogens with two attached hydrogens (primary N) is 1. The van der Waals surface area contributed by atoms with Gasteiger partial charge in [0.1, 0.15) is 5.75 Å². The summed E-state index contributed by atoms with van der Waals surface area (Å²) in [6, 6.07) is 5.80. The van der Waals surface area contributed by atoms with Gasteiger partial charge in [0.25, 0.3) is 0 Å². The van der Waals surface area contributed by atoms with Crippen LogP contribution in [0.3, 0.4) is 0 Å². The molecule has 0 aromatic heterocycles. The van der Waals surface area contributed by atoms with E-state index in [-0.39, 0.29) is 17.9 Å². The zero-order valence-electron chi connectivity index (χ0n) is 12.8. The van der Waals surface area contributed by atoms with E-state index in [0.717, 1.165) is 29.8 Å². The van der Waals surface area contributed by atoms with Gasteiger partial charge in [-0.15, -0.1) is 0 Å². The van der Waals surface area contributed by atoms with Crippen LogP contribution in [0.25, 0.3) is 0 Å². The molecule has 3 N–H and O–H groups in total. The number of benzene rings is 1. The first-order valence-electron chi connectivity index (χ1n) is 7.90. The minimum absolute atomic E-state index is 0.0188. The molecular weight excluding hydrogens is 264 g/mol. The van der Waals surface area contributed by atoms with Crippen LogP contribution >= 0.6 is 0 Å². The largest absolute Gasteiger partial charge is 0.494 e. The maximum atomic E-state index is 12.6. The van der Waals surface area contributed by atoms with Crippen molar-refractivity contribution in [1.29, 1.82) is 0 Å². The van der Waals surface area contributed by atoms with Gasteiger partial charge in [-0.05, 0) is 68.7 Å². The Bertz CT molecular complexity index is 542. The smallest absolute Gasteiger partial charge is 0.229 e. The van der Waals surface area contributed by atoms with Crippen molar-refractivity contribution in [3.05, 3.63) is 23.8 Å². The van der Waals surface area contributed by atoms with Crippen LogP contribution in [0.4, 0.5) is 5.69 Å². The standard InChI is InChI=1S/C17H24N2O2/c1-3-21-13-6-7-14(10(2)8-13)19-17(20)15-11-4-5-12(9-11)16(15)18/h6-8,11-12,15-16H,3-5,9,18H2,1-2H3,(H,19,20). The van der Waals surface area contributed by atoms with Crippen LogP contribution < -0.4 is 15.8 Å². The second-order valence-electron chi connectivity index (χ2n) is 6.34. The number of hydrogen-bond donors (Lipinski definition) is 2. The van der Waals surface area contributed by atoms with E-state index < -0.39 is 0 Å². The Morgan fingerprint density at radius 1 is 1.38 bits per heavy atom. The number of fused-ring (bicyclic) bond motifs is 2. The molecular formula is C17H24N2O2. The normalized spacial score (nSPS) is 30.4. The first-order valence-corrected chi connectivity index (χ1v) is 7.90. The Morgan fingerprint density at radius 2 is 2.14 bits per heavy atom. The SMILES string of the molecule is CCOc1ccc(NC(=O)C2C3CCC(C3)C2N)c(C)c1. The van der Waals surface area contributed by atoms with E-state index >= 15 is 0 Å². The summed E-state index contributed by atoms with van der Waals surface area (Å²) < 4.78 is 5.47. The number of nitrogens with one attached hydrogen (secondary N) is 1. The monoisotopic (exact) mass is 288 g/mol. The van der Waals surface area contributed by atoms with Crippen LogP contribution in [0.15, 0.2) is 18.2 Å². The fourth-order valence-corrected chi connectivity index (χ4v) is 3.97. The van der Waals surface area contributed by atoms with Crippen LogP contribution in [-0.4, -0.2) is 18.6 Å². The van der Waals surface area contributed by atoms with Crippen LogP contribution in [0.2, 0.25) is 0 Å². The number of rotatable bonds is 4. The third kappa shape index (κ3) is 2.64. The molecule has 0 radical (unpaired) electrons. The quantitative estimate of drug-likeness (QED) is 0.895. The maximum Gasteiger partial charge on any atom is 0.229 e. The third-order valence-electron chi connectivity index (χ3n) is 5.05. The minimum Gasteiger partial charge on any atom is -0.494 e. The molecule has 4 nitrogen and oxygen atoms in total. The van der Waals surface area contributed by atoms with Gasteiger partial charge < -0.3 is 15.8 Å². The molecule has 2 bridgehead atoms. The molecule has 0 spiro atoms. The second kappa shape index (κ2) is 5.68. The van der Waals surface area contributed by atoms with E-state index in [4.69, 9.17) is 10.5 Å². The Kier molecular flexibility index (Phi) is 3.89. The van der Waals surface area contributed by atoms with E-state index in [1.54, 1.807) is 0 Å².